The molecule has 0 bridgehead atoms. The number of hydrogen-bond acceptors (Lipinski definition) is 4. The van der Waals surface area contributed by atoms with Crippen LogP contribution in [0, 0.1) is 11.6 Å². The molecule has 0 saturated heterocycles. The van der Waals surface area contributed by atoms with Crippen LogP contribution in [0.3, 0.4) is 0 Å². The fraction of sp³-hybridized carbons (Fsp3) is 0.308. The highest BCUT2D eigenvalue weighted by molar-refractivity contribution is 5.90. The summed E-state index contributed by atoms with van der Waals surface area (Å²) in [6.07, 6.45) is 3.38. The first-order chi connectivity index (χ1) is 15.8. The molecule has 0 unspecified atom stereocenters. The number of rotatable bonds is 5. The first kappa shape index (κ1) is 21.5. The van der Waals surface area contributed by atoms with Crippen LogP contribution in [0.25, 0.3) is 27.6 Å². The minimum atomic E-state index is -1.12. The van der Waals surface area contributed by atoms with Crippen molar-refractivity contribution >= 4 is 21.9 Å². The van der Waals surface area contributed by atoms with E-state index in [-0.39, 0.29) is 22.6 Å². The molecule has 33 heavy (non-hydrogen) atoms. The summed E-state index contributed by atoms with van der Waals surface area (Å²) in [5.74, 6) is -2.15. The molecular weight excluding hydrogens is 426 g/mol. The number of likely N-dealkylation sites (N-methyl/N-ethyl adjacent to an activating group) is 1. The molecule has 0 atom stereocenters. The Morgan fingerprint density at radius 3 is 2.55 bits per heavy atom. The van der Waals surface area contributed by atoms with Crippen molar-refractivity contribution in [1.82, 2.24) is 9.47 Å². The summed E-state index contributed by atoms with van der Waals surface area (Å²) < 4.78 is 35.9. The summed E-state index contributed by atoms with van der Waals surface area (Å²) in [6, 6.07) is 10.8. The average molecular weight is 450 g/mol. The number of halogens is 2. The smallest absolute Gasteiger partial charge is 0.270 e. The molecule has 1 fully saturated rings. The molecule has 2 aromatic carbocycles. The molecule has 170 valence electrons. The van der Waals surface area contributed by atoms with Crippen LogP contribution in [-0.2, 0) is 6.42 Å². The first-order valence-corrected chi connectivity index (χ1v) is 11.1. The summed E-state index contributed by atoms with van der Waals surface area (Å²) in [6.45, 7) is 0.806. The lowest BCUT2D eigenvalue weighted by Gasteiger charge is -2.28. The molecule has 2 aromatic heterocycles. The van der Waals surface area contributed by atoms with Crippen molar-refractivity contribution in [3.8, 4) is 5.69 Å². The van der Waals surface area contributed by atoms with Gasteiger partial charge in [-0.1, -0.05) is 18.6 Å². The van der Waals surface area contributed by atoms with Crippen LogP contribution in [-0.4, -0.2) is 30.1 Å². The van der Waals surface area contributed by atoms with E-state index < -0.39 is 22.6 Å². The van der Waals surface area contributed by atoms with Crippen LogP contribution in [0.2, 0.25) is 0 Å². The molecule has 0 aliphatic heterocycles. The number of aromatic nitrogens is 1. The lowest BCUT2D eigenvalue weighted by Crippen LogP contribution is -2.29. The van der Waals surface area contributed by atoms with E-state index in [0.29, 0.717) is 16.7 Å². The Morgan fingerprint density at radius 2 is 1.85 bits per heavy atom. The van der Waals surface area contributed by atoms with Crippen LogP contribution >= 0.6 is 0 Å². The summed E-state index contributed by atoms with van der Waals surface area (Å²) in [7, 11) is 3.94. The van der Waals surface area contributed by atoms with Gasteiger partial charge >= 0.3 is 0 Å². The molecule has 4 aromatic rings. The van der Waals surface area contributed by atoms with Gasteiger partial charge in [-0.3, -0.25) is 14.2 Å². The van der Waals surface area contributed by atoms with Crippen molar-refractivity contribution in [3.05, 3.63) is 85.9 Å². The molecule has 0 spiro atoms. The van der Waals surface area contributed by atoms with Gasteiger partial charge in [-0.2, -0.15) is 0 Å². The standard InChI is InChI=1S/C26H24F2N2O3/c1-29(2)12-11-15-9-10-21-17(13-15)25(31)23-22(33-21)14-20(16-5-3-6-16)30(26(23)32)19-8-4-7-18(27)24(19)28/h4,7-10,13-14,16H,3,5-6,11-12H2,1-2H3. The highest BCUT2D eigenvalue weighted by Crippen LogP contribution is 2.38. The Hall–Kier alpha value is -3.32. The molecule has 2 heterocycles. The third kappa shape index (κ3) is 3.66. The number of nitrogens with zero attached hydrogens (tertiary/aromatic N) is 2. The SMILES string of the molecule is CN(C)CCc1ccc2oc3cc(C4CCC4)n(-c4cccc(F)c4F)c(=O)c3c(=O)c2c1. The van der Waals surface area contributed by atoms with Crippen molar-refractivity contribution in [3.63, 3.8) is 0 Å². The van der Waals surface area contributed by atoms with Crippen LogP contribution in [0.1, 0.15) is 36.4 Å². The zero-order valence-electron chi connectivity index (χ0n) is 18.5. The summed E-state index contributed by atoms with van der Waals surface area (Å²) in [5.41, 5.74) is 0.715. The highest BCUT2D eigenvalue weighted by atomic mass is 19.2. The number of hydrogen-bond donors (Lipinski definition) is 0. The monoisotopic (exact) mass is 450 g/mol. The Kier molecular flexibility index (Phi) is 5.37. The van der Waals surface area contributed by atoms with Gasteiger partial charge in [-0.15, -0.1) is 0 Å². The second kappa shape index (κ2) is 8.23. The highest BCUT2D eigenvalue weighted by Gasteiger charge is 2.28. The van der Waals surface area contributed by atoms with E-state index >= 15 is 0 Å². The third-order valence-corrected chi connectivity index (χ3v) is 6.48. The van der Waals surface area contributed by atoms with Gasteiger partial charge in [0.1, 0.15) is 16.6 Å². The predicted molar refractivity (Wildman–Crippen MR) is 124 cm³/mol. The van der Waals surface area contributed by atoms with Gasteiger partial charge in [0, 0.05) is 18.3 Å². The average Bonchev–Trinajstić information content (AvgIpc) is 2.74. The van der Waals surface area contributed by atoms with Gasteiger partial charge in [-0.05, 0) is 69.1 Å². The lowest BCUT2D eigenvalue weighted by molar-refractivity contribution is 0.402. The van der Waals surface area contributed by atoms with E-state index in [1.807, 2.05) is 25.1 Å². The summed E-state index contributed by atoms with van der Waals surface area (Å²) in [5, 5.41) is 0.150. The normalized spacial score (nSPS) is 14.3. The molecule has 5 rings (SSSR count). The van der Waals surface area contributed by atoms with Gasteiger partial charge in [0.05, 0.1) is 11.1 Å². The Balaban J connectivity index is 1.80. The first-order valence-electron chi connectivity index (χ1n) is 11.1. The zero-order chi connectivity index (χ0) is 23.3. The molecule has 5 nitrogen and oxygen atoms in total. The van der Waals surface area contributed by atoms with Crippen LogP contribution in [0.4, 0.5) is 8.78 Å². The lowest BCUT2D eigenvalue weighted by atomic mass is 9.82. The molecule has 0 amide bonds. The maximum atomic E-state index is 14.7. The van der Waals surface area contributed by atoms with Gasteiger partial charge < -0.3 is 9.32 Å². The number of benzene rings is 2. The van der Waals surface area contributed by atoms with E-state index in [1.54, 1.807) is 18.2 Å². The predicted octanol–water partition coefficient (Wildman–Crippen LogP) is 4.75. The number of pyridine rings is 1. The Bertz CT molecular complexity index is 1500. The molecule has 7 heteroatoms. The van der Waals surface area contributed by atoms with Gasteiger partial charge in [-0.25, -0.2) is 8.78 Å². The molecular formula is C26H24F2N2O3. The summed E-state index contributed by atoms with van der Waals surface area (Å²) >= 11 is 0. The van der Waals surface area contributed by atoms with E-state index in [0.717, 1.165) is 48.4 Å². The maximum Gasteiger partial charge on any atom is 0.270 e. The van der Waals surface area contributed by atoms with E-state index in [9.17, 15) is 18.4 Å². The molecule has 1 saturated carbocycles. The topological polar surface area (TPSA) is 55.5 Å². The zero-order valence-corrected chi connectivity index (χ0v) is 18.5. The van der Waals surface area contributed by atoms with Crippen molar-refractivity contribution in [1.29, 1.82) is 0 Å². The fourth-order valence-corrected chi connectivity index (χ4v) is 4.42. The van der Waals surface area contributed by atoms with Crippen LogP contribution in [0.15, 0.2) is 56.5 Å². The van der Waals surface area contributed by atoms with Crippen molar-refractivity contribution < 1.29 is 13.2 Å². The third-order valence-electron chi connectivity index (χ3n) is 6.48. The maximum absolute atomic E-state index is 14.7. The van der Waals surface area contributed by atoms with Crippen molar-refractivity contribution in [2.75, 3.05) is 20.6 Å². The van der Waals surface area contributed by atoms with Gasteiger partial charge in [0.25, 0.3) is 5.56 Å². The summed E-state index contributed by atoms with van der Waals surface area (Å²) in [4.78, 5) is 29.1. The minimum absolute atomic E-state index is 0.0131. The Labute approximate surface area is 188 Å². The second-order valence-corrected chi connectivity index (χ2v) is 8.96. The number of fused-ring (bicyclic) bond motifs is 2. The molecule has 1 aliphatic carbocycles. The molecule has 1 aliphatic rings. The fourth-order valence-electron chi connectivity index (χ4n) is 4.42. The molecule has 0 radical (unpaired) electrons. The second-order valence-electron chi connectivity index (χ2n) is 8.96. The van der Waals surface area contributed by atoms with E-state index in [2.05, 4.69) is 0 Å². The van der Waals surface area contributed by atoms with Gasteiger partial charge in [0.2, 0.25) is 5.43 Å². The van der Waals surface area contributed by atoms with Crippen molar-refractivity contribution in [2.24, 2.45) is 0 Å². The van der Waals surface area contributed by atoms with Crippen LogP contribution < -0.4 is 11.0 Å². The Morgan fingerprint density at radius 1 is 1.06 bits per heavy atom. The quantitative estimate of drug-likeness (QED) is 0.412. The van der Waals surface area contributed by atoms with E-state index in [1.165, 1.54) is 12.1 Å². The minimum Gasteiger partial charge on any atom is -0.456 e. The van der Waals surface area contributed by atoms with E-state index in [4.69, 9.17) is 4.42 Å². The van der Waals surface area contributed by atoms with Crippen LogP contribution in [0.5, 0.6) is 0 Å². The van der Waals surface area contributed by atoms with Crippen molar-refractivity contribution in [2.45, 2.75) is 31.6 Å². The molecule has 0 N–H and O–H groups in total. The van der Waals surface area contributed by atoms with Gasteiger partial charge in [0.15, 0.2) is 11.6 Å². The largest absolute Gasteiger partial charge is 0.456 e.